The van der Waals surface area contributed by atoms with E-state index in [1.165, 1.54) is 0 Å². The van der Waals surface area contributed by atoms with Crippen molar-refractivity contribution in [2.75, 3.05) is 0 Å². The summed E-state index contributed by atoms with van der Waals surface area (Å²) in [4.78, 5) is 79.7. The predicted octanol–water partition coefficient (Wildman–Crippen LogP) is 2.77. The Hall–Kier alpha value is -3.27. The molecule has 0 rings (SSSR count). The van der Waals surface area contributed by atoms with E-state index < -0.39 is 91.1 Å². The minimum atomic E-state index is -1.01. The Kier molecular flexibility index (Phi) is 47.3. The number of carboxylic acids is 8. The molecule has 358 valence electrons. The molecule has 17 nitrogen and oxygen atoms in total. The first-order valence-corrected chi connectivity index (χ1v) is 17.3. The first kappa shape index (κ1) is 83.4. The number of hydrogen-bond acceptors (Lipinski definition) is 12. The van der Waals surface area contributed by atoms with Gasteiger partial charge >= 0.3 is 57.4 Å². The summed E-state index contributed by atoms with van der Waals surface area (Å²) in [7, 11) is 0. The van der Waals surface area contributed by atoms with Crippen molar-refractivity contribution in [3.63, 3.8) is 0 Å². The first-order chi connectivity index (χ1) is 23.5. The maximum atomic E-state index is 10.0. The van der Waals surface area contributed by atoms with Gasteiger partial charge in [-0.25, -0.2) is 0 Å². The normalized spacial score (nSPS) is 10.7. The summed E-state index contributed by atoms with van der Waals surface area (Å²) in [6, 6.07) is 0. The second-order valence-corrected chi connectivity index (χ2v) is 20.4. The van der Waals surface area contributed by atoms with Crippen molar-refractivity contribution >= 4 is 47.8 Å². The van der Waals surface area contributed by atoms with Crippen LogP contribution in [0.4, 0.5) is 0 Å². The number of carbonyl (C=O) groups excluding carboxylic acids is 4. The molecule has 0 aromatic rings. The summed E-state index contributed by atoms with van der Waals surface area (Å²) < 4.78 is 0. The third-order valence-electron chi connectivity index (χ3n) is 5.02. The smallest absolute Gasteiger partial charge is 0.550 e. The van der Waals surface area contributed by atoms with Crippen molar-refractivity contribution in [1.29, 1.82) is 0 Å². The minimum absolute atomic E-state index is 0. The molecular formula is C40H78Co2O17. The van der Waals surface area contributed by atoms with E-state index >= 15 is 0 Å². The molecule has 0 spiro atoms. The van der Waals surface area contributed by atoms with Crippen LogP contribution in [0.2, 0.25) is 0 Å². The molecule has 0 aromatic heterocycles. The van der Waals surface area contributed by atoms with Crippen LogP contribution in [0.1, 0.15) is 166 Å². The zero-order valence-electron chi connectivity index (χ0n) is 39.9. The molecule has 0 saturated heterocycles. The molecule has 59 heavy (non-hydrogen) atoms. The largest absolute Gasteiger partial charge is 2.00 e. The van der Waals surface area contributed by atoms with Gasteiger partial charge in [-0.1, -0.05) is 83.1 Å². The molecule has 0 bridgehead atoms. The van der Waals surface area contributed by atoms with E-state index in [0.717, 1.165) is 0 Å². The molecule has 0 aliphatic heterocycles. The monoisotopic (exact) mass is 948 g/mol. The maximum absolute atomic E-state index is 10.0. The molecule has 0 aliphatic carbocycles. The van der Waals surface area contributed by atoms with Crippen LogP contribution >= 0.6 is 0 Å². The van der Waals surface area contributed by atoms with Crippen molar-refractivity contribution in [2.45, 2.75) is 166 Å². The fourth-order valence-corrected chi connectivity index (χ4v) is 0. The molecule has 0 aliphatic rings. The molecule has 0 saturated carbocycles. The Bertz CT molecular complexity index is 931. The van der Waals surface area contributed by atoms with Gasteiger partial charge < -0.3 is 65.5 Å². The van der Waals surface area contributed by atoms with Gasteiger partial charge in [0.05, 0.1) is 21.7 Å². The van der Waals surface area contributed by atoms with Crippen LogP contribution in [-0.2, 0) is 71.9 Å². The predicted molar refractivity (Wildman–Crippen MR) is 210 cm³/mol. The molecule has 0 heterocycles. The topological polar surface area (TPSA) is 341 Å². The fourth-order valence-electron chi connectivity index (χ4n) is 0. The summed E-state index contributed by atoms with van der Waals surface area (Å²) in [5.41, 5.74) is -5.11. The Labute approximate surface area is 374 Å². The van der Waals surface area contributed by atoms with Gasteiger partial charge in [0.1, 0.15) is 0 Å². The molecule has 0 unspecified atom stereocenters. The number of rotatable bonds is 0. The molecule has 0 atom stereocenters. The second-order valence-electron chi connectivity index (χ2n) is 20.4. The van der Waals surface area contributed by atoms with Gasteiger partial charge in [0.2, 0.25) is 0 Å². The zero-order chi connectivity index (χ0) is 48.6. The SMILES string of the molecule is CC(C)(C)C(=O)O.CC(C)(C)C(=O)O.CC(C)(C)C(=O)O.CC(C)(C)C(=O)O.CC(C)(C)C(=O)[O-].CC(C)(C)C(=O)[O-].CC(C)(C)C(=O)[O-].CC(C)(C)C(=O)[O-].O.[Co+2].[Co+2]. The number of aliphatic carboxylic acids is 8. The van der Waals surface area contributed by atoms with Crippen molar-refractivity contribution in [3.8, 4) is 0 Å². The minimum Gasteiger partial charge on any atom is -0.550 e. The quantitative estimate of drug-likeness (QED) is 0.271. The average Bonchev–Trinajstić information content (AvgIpc) is 2.86. The van der Waals surface area contributed by atoms with Crippen LogP contribution in [-0.4, -0.2) is 73.7 Å². The molecular weight excluding hydrogens is 870 g/mol. The summed E-state index contributed by atoms with van der Waals surface area (Å²) in [5.74, 6) is -7.06. The Morgan fingerprint density at radius 3 is 0.288 bits per heavy atom. The van der Waals surface area contributed by atoms with Gasteiger partial charge in [-0.05, 0) is 83.1 Å². The van der Waals surface area contributed by atoms with E-state index in [0.29, 0.717) is 0 Å². The van der Waals surface area contributed by atoms with Crippen molar-refractivity contribution in [3.05, 3.63) is 0 Å². The van der Waals surface area contributed by atoms with Crippen LogP contribution < -0.4 is 20.4 Å². The van der Waals surface area contributed by atoms with E-state index in [1.54, 1.807) is 166 Å². The van der Waals surface area contributed by atoms with E-state index in [9.17, 15) is 58.8 Å². The van der Waals surface area contributed by atoms with Crippen LogP contribution in [0.25, 0.3) is 0 Å². The van der Waals surface area contributed by atoms with Crippen molar-refractivity contribution in [1.82, 2.24) is 0 Å². The third kappa shape index (κ3) is 76.1. The van der Waals surface area contributed by atoms with E-state index in [1.807, 2.05) is 0 Å². The summed E-state index contributed by atoms with van der Waals surface area (Å²) >= 11 is 0. The van der Waals surface area contributed by atoms with Gasteiger partial charge in [0, 0.05) is 45.5 Å². The Morgan fingerprint density at radius 1 is 0.254 bits per heavy atom. The molecule has 19 heteroatoms. The van der Waals surface area contributed by atoms with Gasteiger partial charge in [-0.3, -0.25) is 19.2 Å². The van der Waals surface area contributed by atoms with Gasteiger partial charge in [-0.2, -0.15) is 0 Å². The summed E-state index contributed by atoms with van der Waals surface area (Å²) in [6.07, 6.45) is 0. The van der Waals surface area contributed by atoms with Crippen LogP contribution in [0.15, 0.2) is 0 Å². The Morgan fingerprint density at radius 2 is 0.288 bits per heavy atom. The van der Waals surface area contributed by atoms with Gasteiger partial charge in [0.25, 0.3) is 0 Å². The third-order valence-corrected chi connectivity index (χ3v) is 5.02. The van der Waals surface area contributed by atoms with E-state index in [2.05, 4.69) is 0 Å². The fraction of sp³-hybridized carbons (Fsp3) is 0.800. The van der Waals surface area contributed by atoms with E-state index in [4.69, 9.17) is 20.4 Å². The molecule has 0 amide bonds. The summed E-state index contributed by atoms with van der Waals surface area (Å²) in [6.45, 7) is 39.1. The van der Waals surface area contributed by atoms with Crippen LogP contribution in [0.5, 0.6) is 0 Å². The first-order valence-electron chi connectivity index (χ1n) is 17.3. The molecule has 0 aromatic carbocycles. The standard InChI is InChI=1S/8C5H10O2.2Co.H2O/c8*1-5(2,3)4(6)7;;;/h8*1-3H3,(H,6,7);;;1H2/q;;;;;;;;2*+2;/p-4. The molecule has 0 fully saturated rings. The number of carbonyl (C=O) groups is 8. The maximum Gasteiger partial charge on any atom is 2.00 e. The van der Waals surface area contributed by atoms with Gasteiger partial charge in [0.15, 0.2) is 0 Å². The summed E-state index contributed by atoms with van der Waals surface area (Å²) in [5, 5.41) is 72.6. The number of hydrogen-bond donors (Lipinski definition) is 4. The zero-order valence-corrected chi connectivity index (χ0v) is 41.9. The van der Waals surface area contributed by atoms with Crippen molar-refractivity contribution in [2.24, 2.45) is 43.3 Å². The Balaban J connectivity index is -0.0000000492. The number of carboxylic acid groups (broad SMARTS) is 8. The second kappa shape index (κ2) is 33.5. The molecule has 6 N–H and O–H groups in total. The van der Waals surface area contributed by atoms with Crippen molar-refractivity contribution < 1.29 is 118 Å². The molecule has 2 radical (unpaired) electrons. The van der Waals surface area contributed by atoms with E-state index in [-0.39, 0.29) is 39.0 Å². The van der Waals surface area contributed by atoms with Crippen LogP contribution in [0.3, 0.4) is 0 Å². The van der Waals surface area contributed by atoms with Crippen LogP contribution in [0, 0.1) is 43.3 Å². The van der Waals surface area contributed by atoms with Gasteiger partial charge in [-0.15, -0.1) is 0 Å². The average molecular weight is 949 g/mol.